The predicted molar refractivity (Wildman–Crippen MR) is 90.7 cm³/mol. The van der Waals surface area contributed by atoms with E-state index in [1.165, 1.54) is 6.07 Å². The number of imidazole rings is 1. The SMILES string of the molecule is CC(Cl)c1nc2cc(I)c(F)cc2n1Cc1csc(=O)[nH]1. The third-order valence-corrected chi connectivity index (χ3v) is 4.82. The molecule has 1 N–H and O–H groups in total. The Morgan fingerprint density at radius 3 is 2.95 bits per heavy atom. The molecular weight excluding hydrogens is 428 g/mol. The van der Waals surface area contributed by atoms with Crippen molar-refractivity contribution in [3.63, 3.8) is 0 Å². The molecule has 0 radical (unpaired) electrons. The normalized spacial score (nSPS) is 13.0. The van der Waals surface area contributed by atoms with Gasteiger partial charge in [0.15, 0.2) is 0 Å². The Balaban J connectivity index is 2.19. The second-order valence-electron chi connectivity index (χ2n) is 4.60. The summed E-state index contributed by atoms with van der Waals surface area (Å²) < 4.78 is 16.2. The minimum absolute atomic E-state index is 0.115. The molecule has 1 unspecified atom stereocenters. The zero-order chi connectivity index (χ0) is 15.1. The van der Waals surface area contributed by atoms with Crippen molar-refractivity contribution >= 4 is 56.6 Å². The van der Waals surface area contributed by atoms with Crippen LogP contribution in [-0.4, -0.2) is 14.5 Å². The smallest absolute Gasteiger partial charge is 0.304 e. The summed E-state index contributed by atoms with van der Waals surface area (Å²) in [5.74, 6) is 0.358. The van der Waals surface area contributed by atoms with Gasteiger partial charge < -0.3 is 9.55 Å². The van der Waals surface area contributed by atoms with Crippen molar-refractivity contribution in [2.45, 2.75) is 18.8 Å². The average molecular weight is 438 g/mol. The third kappa shape index (κ3) is 2.86. The van der Waals surface area contributed by atoms with Gasteiger partial charge in [-0.1, -0.05) is 11.3 Å². The number of H-pyrrole nitrogens is 1. The molecule has 0 bridgehead atoms. The highest BCUT2D eigenvalue weighted by atomic mass is 127. The third-order valence-electron chi connectivity index (χ3n) is 3.07. The van der Waals surface area contributed by atoms with Crippen LogP contribution in [0, 0.1) is 9.39 Å². The molecule has 0 aliphatic carbocycles. The molecule has 3 aromatic rings. The number of halogens is 3. The molecule has 0 aliphatic rings. The Hall–Kier alpha value is -0.930. The van der Waals surface area contributed by atoms with Crippen LogP contribution in [0.25, 0.3) is 11.0 Å². The first-order valence-corrected chi connectivity index (χ1v) is 8.51. The van der Waals surface area contributed by atoms with E-state index in [9.17, 15) is 9.18 Å². The van der Waals surface area contributed by atoms with Crippen molar-refractivity contribution < 1.29 is 4.39 Å². The van der Waals surface area contributed by atoms with E-state index in [4.69, 9.17) is 11.6 Å². The molecule has 110 valence electrons. The van der Waals surface area contributed by atoms with Crippen LogP contribution in [0.2, 0.25) is 0 Å². The van der Waals surface area contributed by atoms with Gasteiger partial charge in [-0.25, -0.2) is 9.37 Å². The summed E-state index contributed by atoms with van der Waals surface area (Å²) in [4.78, 5) is 18.4. The van der Waals surface area contributed by atoms with Crippen LogP contribution < -0.4 is 4.87 Å². The second-order valence-corrected chi connectivity index (χ2v) is 7.26. The summed E-state index contributed by atoms with van der Waals surface area (Å²) >= 11 is 9.22. The van der Waals surface area contributed by atoms with E-state index < -0.39 is 0 Å². The van der Waals surface area contributed by atoms with Crippen molar-refractivity contribution in [2.24, 2.45) is 0 Å². The zero-order valence-electron chi connectivity index (χ0n) is 10.9. The molecule has 0 aliphatic heterocycles. The summed E-state index contributed by atoms with van der Waals surface area (Å²) in [6.45, 7) is 2.22. The summed E-state index contributed by atoms with van der Waals surface area (Å²) in [6.07, 6.45) is 0. The van der Waals surface area contributed by atoms with E-state index in [1.54, 1.807) is 11.4 Å². The summed E-state index contributed by atoms with van der Waals surface area (Å²) in [5, 5.41) is 1.43. The number of aromatic nitrogens is 3. The average Bonchev–Trinajstić information content (AvgIpc) is 2.96. The molecule has 0 saturated carbocycles. The number of thiazole rings is 1. The molecule has 21 heavy (non-hydrogen) atoms. The lowest BCUT2D eigenvalue weighted by atomic mass is 10.3. The first-order chi connectivity index (χ1) is 9.95. The number of nitrogens with one attached hydrogen (secondary N) is 1. The minimum atomic E-state index is -0.316. The number of benzene rings is 1. The van der Waals surface area contributed by atoms with Gasteiger partial charge in [0, 0.05) is 17.1 Å². The van der Waals surface area contributed by atoms with Crippen LogP contribution >= 0.6 is 45.5 Å². The van der Waals surface area contributed by atoms with Crippen LogP contribution in [0.4, 0.5) is 4.39 Å². The number of hydrogen-bond acceptors (Lipinski definition) is 3. The molecular formula is C13H10ClFIN3OS. The van der Waals surface area contributed by atoms with E-state index in [2.05, 4.69) is 9.97 Å². The monoisotopic (exact) mass is 437 g/mol. The maximum Gasteiger partial charge on any atom is 0.304 e. The molecule has 8 heteroatoms. The maximum atomic E-state index is 13.8. The molecule has 1 aromatic carbocycles. The zero-order valence-corrected chi connectivity index (χ0v) is 14.6. The highest BCUT2D eigenvalue weighted by Gasteiger charge is 2.17. The lowest BCUT2D eigenvalue weighted by Crippen LogP contribution is -2.07. The molecule has 0 saturated heterocycles. The maximum absolute atomic E-state index is 13.8. The summed E-state index contributed by atoms with van der Waals surface area (Å²) in [5.41, 5.74) is 2.12. The van der Waals surface area contributed by atoms with Gasteiger partial charge >= 0.3 is 4.87 Å². The number of aromatic amines is 1. The molecule has 0 amide bonds. The first kappa shape index (κ1) is 15.0. The van der Waals surface area contributed by atoms with Gasteiger partial charge in [-0.05, 0) is 35.6 Å². The fourth-order valence-corrected chi connectivity index (χ4v) is 3.36. The molecule has 2 heterocycles. The van der Waals surface area contributed by atoms with Crippen LogP contribution in [0.15, 0.2) is 22.3 Å². The molecule has 2 aromatic heterocycles. The Morgan fingerprint density at radius 2 is 2.33 bits per heavy atom. The number of hydrogen-bond donors (Lipinski definition) is 1. The van der Waals surface area contributed by atoms with Crippen LogP contribution in [0.3, 0.4) is 0 Å². The van der Waals surface area contributed by atoms with Gasteiger partial charge in [0.25, 0.3) is 0 Å². The highest BCUT2D eigenvalue weighted by molar-refractivity contribution is 14.1. The van der Waals surface area contributed by atoms with E-state index in [1.807, 2.05) is 34.1 Å². The lowest BCUT2D eigenvalue weighted by Gasteiger charge is -2.09. The van der Waals surface area contributed by atoms with Crippen molar-refractivity contribution in [3.8, 4) is 0 Å². The molecule has 0 spiro atoms. The minimum Gasteiger partial charge on any atom is -0.321 e. The summed E-state index contributed by atoms with van der Waals surface area (Å²) in [6, 6.07) is 3.15. The van der Waals surface area contributed by atoms with Gasteiger partial charge in [-0.15, -0.1) is 11.6 Å². The van der Waals surface area contributed by atoms with Gasteiger partial charge in [0.05, 0.1) is 26.5 Å². The predicted octanol–water partition coefficient (Wildman–Crippen LogP) is 3.88. The summed E-state index contributed by atoms with van der Waals surface area (Å²) in [7, 11) is 0. The highest BCUT2D eigenvalue weighted by Crippen LogP contribution is 2.27. The van der Waals surface area contributed by atoms with Gasteiger partial charge in [-0.2, -0.15) is 0 Å². The van der Waals surface area contributed by atoms with E-state index >= 15 is 0 Å². The Morgan fingerprint density at radius 1 is 1.57 bits per heavy atom. The van der Waals surface area contributed by atoms with Crippen molar-refractivity contribution in [1.29, 1.82) is 0 Å². The van der Waals surface area contributed by atoms with Crippen molar-refractivity contribution in [2.75, 3.05) is 0 Å². The number of rotatable bonds is 3. The fourth-order valence-electron chi connectivity index (χ4n) is 2.17. The Labute approximate surface area is 142 Å². The fraction of sp³-hybridized carbons (Fsp3) is 0.231. The Bertz CT molecular complexity index is 870. The van der Waals surface area contributed by atoms with Crippen LogP contribution in [0.5, 0.6) is 0 Å². The molecule has 0 fully saturated rings. The molecule has 4 nitrogen and oxygen atoms in total. The van der Waals surface area contributed by atoms with E-state index in [0.29, 0.717) is 27.0 Å². The standard InChI is InChI=1S/C13H10ClFIN3OS/c1-6(14)12-18-10-3-9(16)8(15)2-11(10)19(12)4-7-5-21-13(20)17-7/h2-3,5-6H,4H2,1H3,(H,17,20). The topological polar surface area (TPSA) is 50.7 Å². The molecule has 3 rings (SSSR count). The second kappa shape index (κ2) is 5.69. The first-order valence-electron chi connectivity index (χ1n) is 6.11. The largest absolute Gasteiger partial charge is 0.321 e. The van der Waals surface area contributed by atoms with Crippen LogP contribution in [0.1, 0.15) is 23.8 Å². The van der Waals surface area contributed by atoms with Crippen LogP contribution in [-0.2, 0) is 6.54 Å². The number of nitrogens with zero attached hydrogens (tertiary/aromatic N) is 2. The van der Waals surface area contributed by atoms with Crippen molar-refractivity contribution in [1.82, 2.24) is 14.5 Å². The quantitative estimate of drug-likeness (QED) is 0.499. The Kier molecular flexibility index (Phi) is 4.06. The lowest BCUT2D eigenvalue weighted by molar-refractivity contribution is 0.620. The van der Waals surface area contributed by atoms with E-state index in [-0.39, 0.29) is 16.1 Å². The molecule has 1 atom stereocenters. The van der Waals surface area contributed by atoms with Gasteiger partial charge in [0.1, 0.15) is 11.6 Å². The van der Waals surface area contributed by atoms with E-state index in [0.717, 1.165) is 17.0 Å². The van der Waals surface area contributed by atoms with Crippen molar-refractivity contribution in [3.05, 3.63) is 48.1 Å². The van der Waals surface area contributed by atoms with Gasteiger partial charge in [0.2, 0.25) is 0 Å². The van der Waals surface area contributed by atoms with Gasteiger partial charge in [-0.3, -0.25) is 4.79 Å². The number of fused-ring (bicyclic) bond motifs is 1. The number of alkyl halides is 1.